The van der Waals surface area contributed by atoms with Crippen molar-refractivity contribution in [2.45, 2.75) is 58.4 Å². The van der Waals surface area contributed by atoms with Gasteiger partial charge in [0.15, 0.2) is 0 Å². The van der Waals surface area contributed by atoms with Crippen molar-refractivity contribution in [2.75, 3.05) is 34.8 Å². The minimum atomic E-state index is 0.598. The highest BCUT2D eigenvalue weighted by molar-refractivity contribution is 5.63. The second-order valence-corrected chi connectivity index (χ2v) is 7.78. The zero-order valence-electron chi connectivity index (χ0n) is 16.6. The summed E-state index contributed by atoms with van der Waals surface area (Å²) in [5.74, 6) is 2.76. The van der Waals surface area contributed by atoms with Crippen LogP contribution in [0.25, 0.3) is 0 Å². The molecule has 0 radical (unpaired) electrons. The van der Waals surface area contributed by atoms with Gasteiger partial charge in [0.2, 0.25) is 0 Å². The van der Waals surface area contributed by atoms with Gasteiger partial charge in [-0.1, -0.05) is 6.92 Å². The van der Waals surface area contributed by atoms with E-state index in [2.05, 4.69) is 57.4 Å². The third kappa shape index (κ3) is 4.18. The van der Waals surface area contributed by atoms with E-state index in [1.807, 2.05) is 6.92 Å². The van der Waals surface area contributed by atoms with Crippen LogP contribution >= 0.6 is 0 Å². The van der Waals surface area contributed by atoms with Gasteiger partial charge >= 0.3 is 0 Å². The summed E-state index contributed by atoms with van der Waals surface area (Å²) in [5.41, 5.74) is 2.39. The maximum absolute atomic E-state index is 4.73. The van der Waals surface area contributed by atoms with E-state index in [1.165, 1.54) is 57.3 Å². The first-order valence-corrected chi connectivity index (χ1v) is 10.5. The number of aryl methyl sites for hydroxylation is 1. The third-order valence-corrected chi connectivity index (χ3v) is 5.83. The molecule has 2 aromatic rings. The summed E-state index contributed by atoms with van der Waals surface area (Å²) in [6, 6.07) is 11.4. The standard InChI is InChI=1S/C22H31N5/c1-3-19-8-4-5-15-27(19)22-16-21(23-17(2)24-22)25-18-9-11-20(12-10-18)26-13-6-7-14-26/h9-12,16,19H,3-8,13-15H2,1-2H3,(H,23,24,25). The van der Waals surface area contributed by atoms with Crippen molar-refractivity contribution >= 4 is 23.0 Å². The molecule has 4 rings (SSSR count). The van der Waals surface area contributed by atoms with Crippen molar-refractivity contribution in [2.24, 2.45) is 0 Å². The molecule has 2 aliphatic rings. The normalized spacial score (nSPS) is 20.1. The number of hydrogen-bond donors (Lipinski definition) is 1. The van der Waals surface area contributed by atoms with Crippen LogP contribution in [0.1, 0.15) is 51.3 Å². The summed E-state index contributed by atoms with van der Waals surface area (Å²) in [4.78, 5) is 14.3. The second kappa shape index (κ2) is 8.15. The van der Waals surface area contributed by atoms with Crippen LogP contribution in [0.4, 0.5) is 23.0 Å². The van der Waals surface area contributed by atoms with Gasteiger partial charge in [-0.25, -0.2) is 9.97 Å². The molecular formula is C22H31N5. The van der Waals surface area contributed by atoms with Gasteiger partial charge in [-0.15, -0.1) is 0 Å². The molecule has 2 aliphatic heterocycles. The quantitative estimate of drug-likeness (QED) is 0.816. The lowest BCUT2D eigenvalue weighted by atomic mass is 10.00. The smallest absolute Gasteiger partial charge is 0.136 e. The van der Waals surface area contributed by atoms with Gasteiger partial charge in [-0.3, -0.25) is 0 Å². The first kappa shape index (κ1) is 18.1. The van der Waals surface area contributed by atoms with Crippen LogP contribution in [-0.4, -0.2) is 35.6 Å². The van der Waals surface area contributed by atoms with E-state index in [4.69, 9.17) is 4.98 Å². The van der Waals surface area contributed by atoms with Crippen LogP contribution in [0, 0.1) is 6.92 Å². The van der Waals surface area contributed by atoms with Gasteiger partial charge in [0, 0.05) is 43.1 Å². The molecule has 27 heavy (non-hydrogen) atoms. The molecule has 5 nitrogen and oxygen atoms in total. The Morgan fingerprint density at radius 1 is 1.00 bits per heavy atom. The van der Waals surface area contributed by atoms with Crippen LogP contribution < -0.4 is 15.1 Å². The van der Waals surface area contributed by atoms with Gasteiger partial charge in [0.25, 0.3) is 0 Å². The molecule has 0 amide bonds. The van der Waals surface area contributed by atoms with Gasteiger partial charge in [0.05, 0.1) is 0 Å². The molecule has 1 atom stereocenters. The minimum absolute atomic E-state index is 0.598. The molecule has 0 bridgehead atoms. The SMILES string of the molecule is CCC1CCCCN1c1cc(Nc2ccc(N3CCCC3)cc2)nc(C)n1. The average molecular weight is 366 g/mol. The van der Waals surface area contributed by atoms with Crippen molar-refractivity contribution in [1.29, 1.82) is 0 Å². The van der Waals surface area contributed by atoms with Crippen LogP contribution in [0.15, 0.2) is 30.3 Å². The van der Waals surface area contributed by atoms with Crippen molar-refractivity contribution in [3.8, 4) is 0 Å². The van der Waals surface area contributed by atoms with Crippen molar-refractivity contribution in [3.63, 3.8) is 0 Å². The Kier molecular flexibility index (Phi) is 5.46. The predicted molar refractivity (Wildman–Crippen MR) is 113 cm³/mol. The largest absolute Gasteiger partial charge is 0.372 e. The molecule has 1 aromatic heterocycles. The molecule has 1 aromatic carbocycles. The molecule has 1 unspecified atom stereocenters. The van der Waals surface area contributed by atoms with Gasteiger partial charge in [-0.05, 0) is 69.7 Å². The molecule has 144 valence electrons. The summed E-state index contributed by atoms with van der Waals surface area (Å²) in [5, 5.41) is 3.48. The van der Waals surface area contributed by atoms with E-state index in [0.29, 0.717) is 6.04 Å². The van der Waals surface area contributed by atoms with Gasteiger partial charge in [-0.2, -0.15) is 0 Å². The molecule has 3 heterocycles. The summed E-state index contributed by atoms with van der Waals surface area (Å²) in [6.45, 7) is 7.71. The lowest BCUT2D eigenvalue weighted by Gasteiger charge is -2.36. The fraction of sp³-hybridized carbons (Fsp3) is 0.545. The van der Waals surface area contributed by atoms with E-state index in [9.17, 15) is 0 Å². The Morgan fingerprint density at radius 2 is 1.74 bits per heavy atom. The molecule has 1 N–H and O–H groups in total. The van der Waals surface area contributed by atoms with E-state index < -0.39 is 0 Å². The topological polar surface area (TPSA) is 44.3 Å². The van der Waals surface area contributed by atoms with Crippen LogP contribution in [-0.2, 0) is 0 Å². The summed E-state index contributed by atoms with van der Waals surface area (Å²) in [6.07, 6.45) is 7.62. The highest BCUT2D eigenvalue weighted by Crippen LogP contribution is 2.28. The zero-order valence-corrected chi connectivity index (χ0v) is 16.6. The molecular weight excluding hydrogens is 334 g/mol. The lowest BCUT2D eigenvalue weighted by Crippen LogP contribution is -2.39. The average Bonchev–Trinajstić information content (AvgIpc) is 3.23. The highest BCUT2D eigenvalue weighted by atomic mass is 15.2. The number of nitrogens with one attached hydrogen (secondary N) is 1. The molecule has 5 heteroatoms. The monoisotopic (exact) mass is 365 g/mol. The van der Waals surface area contributed by atoms with E-state index in [1.54, 1.807) is 0 Å². The molecule has 0 saturated carbocycles. The van der Waals surface area contributed by atoms with Crippen molar-refractivity contribution < 1.29 is 0 Å². The Bertz CT molecular complexity index is 752. The fourth-order valence-electron chi connectivity index (χ4n) is 4.37. The lowest BCUT2D eigenvalue weighted by molar-refractivity contribution is 0.446. The Hall–Kier alpha value is -2.30. The number of hydrogen-bond acceptors (Lipinski definition) is 5. The van der Waals surface area contributed by atoms with Crippen LogP contribution in [0.5, 0.6) is 0 Å². The van der Waals surface area contributed by atoms with Crippen LogP contribution in [0.2, 0.25) is 0 Å². The highest BCUT2D eigenvalue weighted by Gasteiger charge is 2.22. The first-order chi connectivity index (χ1) is 13.2. The Morgan fingerprint density at radius 3 is 2.48 bits per heavy atom. The van der Waals surface area contributed by atoms with E-state index in [0.717, 1.165) is 29.7 Å². The van der Waals surface area contributed by atoms with Crippen LogP contribution in [0.3, 0.4) is 0 Å². The minimum Gasteiger partial charge on any atom is -0.372 e. The first-order valence-electron chi connectivity index (χ1n) is 10.5. The molecule has 0 aliphatic carbocycles. The van der Waals surface area contributed by atoms with E-state index >= 15 is 0 Å². The summed E-state index contributed by atoms with van der Waals surface area (Å²) in [7, 11) is 0. The van der Waals surface area contributed by atoms with Crippen molar-refractivity contribution in [3.05, 3.63) is 36.2 Å². The molecule has 2 fully saturated rings. The predicted octanol–water partition coefficient (Wildman–Crippen LogP) is 4.90. The van der Waals surface area contributed by atoms with E-state index in [-0.39, 0.29) is 0 Å². The Balaban J connectivity index is 1.51. The van der Waals surface area contributed by atoms with Gasteiger partial charge < -0.3 is 15.1 Å². The maximum Gasteiger partial charge on any atom is 0.136 e. The molecule has 2 saturated heterocycles. The summed E-state index contributed by atoms with van der Waals surface area (Å²) >= 11 is 0. The number of rotatable bonds is 5. The summed E-state index contributed by atoms with van der Waals surface area (Å²) < 4.78 is 0. The second-order valence-electron chi connectivity index (χ2n) is 7.78. The molecule has 0 spiro atoms. The van der Waals surface area contributed by atoms with Gasteiger partial charge in [0.1, 0.15) is 17.5 Å². The fourth-order valence-corrected chi connectivity index (χ4v) is 4.37. The Labute approximate surface area is 162 Å². The van der Waals surface area contributed by atoms with Crippen molar-refractivity contribution in [1.82, 2.24) is 9.97 Å². The number of nitrogens with zero attached hydrogens (tertiary/aromatic N) is 4. The third-order valence-electron chi connectivity index (χ3n) is 5.83. The zero-order chi connectivity index (χ0) is 18.6. The maximum atomic E-state index is 4.73. The number of anilines is 4. The number of aromatic nitrogens is 2. The number of benzene rings is 1. The number of piperidine rings is 1.